The quantitative estimate of drug-likeness (QED) is 0.836. The van der Waals surface area contributed by atoms with Gasteiger partial charge in [-0.15, -0.1) is 0 Å². The Kier molecular flexibility index (Phi) is 4.13. The van der Waals surface area contributed by atoms with Gasteiger partial charge in [0, 0.05) is 32.1 Å². The van der Waals surface area contributed by atoms with E-state index in [0.717, 1.165) is 19.6 Å². The third-order valence-electron chi connectivity index (χ3n) is 4.42. The molecule has 3 nitrogen and oxygen atoms in total. The van der Waals surface area contributed by atoms with Gasteiger partial charge in [-0.1, -0.05) is 18.2 Å². The number of Topliss-reactive ketones (excluding diaryl/α,β-unsaturated/α-hetero) is 1. The molecule has 2 aliphatic heterocycles. The van der Waals surface area contributed by atoms with Crippen LogP contribution in [0.15, 0.2) is 24.3 Å². The van der Waals surface area contributed by atoms with Gasteiger partial charge in [0.05, 0.1) is 6.54 Å². The third-order valence-corrected chi connectivity index (χ3v) is 4.42. The van der Waals surface area contributed by atoms with E-state index in [9.17, 15) is 9.18 Å². The molecule has 2 saturated heterocycles. The second-order valence-corrected chi connectivity index (χ2v) is 5.87. The first-order valence-corrected chi connectivity index (χ1v) is 7.44. The van der Waals surface area contributed by atoms with E-state index in [4.69, 9.17) is 0 Å². The van der Waals surface area contributed by atoms with Crippen LogP contribution >= 0.6 is 0 Å². The summed E-state index contributed by atoms with van der Waals surface area (Å²) in [5, 5.41) is 0. The highest BCUT2D eigenvalue weighted by Gasteiger charge is 2.30. The third kappa shape index (κ3) is 3.07. The van der Waals surface area contributed by atoms with Crippen molar-refractivity contribution in [2.75, 3.05) is 32.7 Å². The normalized spacial score (nSPS) is 23.8. The Morgan fingerprint density at radius 1 is 1.25 bits per heavy atom. The van der Waals surface area contributed by atoms with E-state index < -0.39 is 0 Å². The molecule has 3 rings (SSSR count). The number of carbonyl (C=O) groups is 1. The van der Waals surface area contributed by atoms with Crippen LogP contribution in [0.1, 0.15) is 18.4 Å². The van der Waals surface area contributed by atoms with Crippen molar-refractivity contribution in [1.82, 2.24) is 9.80 Å². The highest BCUT2D eigenvalue weighted by Crippen LogP contribution is 2.21. The molecule has 0 aromatic heterocycles. The Balaban J connectivity index is 1.53. The molecule has 0 saturated carbocycles. The lowest BCUT2D eigenvalue weighted by molar-refractivity contribution is -0.120. The summed E-state index contributed by atoms with van der Waals surface area (Å²) in [5.74, 6) is -0.164. The number of carbonyl (C=O) groups excluding carboxylic acids is 1. The maximum Gasteiger partial charge on any atom is 0.151 e. The molecule has 1 aromatic carbocycles. The zero-order valence-electron chi connectivity index (χ0n) is 11.7. The Morgan fingerprint density at radius 3 is 2.95 bits per heavy atom. The maximum atomic E-state index is 13.5. The molecule has 0 bridgehead atoms. The van der Waals surface area contributed by atoms with Crippen LogP contribution in [0.25, 0.3) is 0 Å². The van der Waals surface area contributed by atoms with Crippen LogP contribution in [-0.4, -0.2) is 54.3 Å². The van der Waals surface area contributed by atoms with Crippen LogP contribution in [0.5, 0.6) is 0 Å². The van der Waals surface area contributed by atoms with E-state index in [1.165, 1.54) is 25.5 Å². The number of nitrogens with zero attached hydrogens (tertiary/aromatic N) is 2. The van der Waals surface area contributed by atoms with Crippen molar-refractivity contribution < 1.29 is 9.18 Å². The fraction of sp³-hybridized carbons (Fsp3) is 0.562. The van der Waals surface area contributed by atoms with Gasteiger partial charge in [0.25, 0.3) is 0 Å². The van der Waals surface area contributed by atoms with Crippen LogP contribution in [0, 0.1) is 5.82 Å². The zero-order valence-corrected chi connectivity index (χ0v) is 11.7. The van der Waals surface area contributed by atoms with Gasteiger partial charge in [-0.2, -0.15) is 0 Å². The lowest BCUT2D eigenvalue weighted by atomic mass is 10.1. The maximum absolute atomic E-state index is 13.5. The van der Waals surface area contributed by atoms with Crippen LogP contribution in [0.4, 0.5) is 4.39 Å². The first kappa shape index (κ1) is 13.7. The summed E-state index contributed by atoms with van der Waals surface area (Å²) in [5.41, 5.74) is 0.511. The summed E-state index contributed by atoms with van der Waals surface area (Å²) in [6, 6.07) is 7.18. The number of benzene rings is 1. The molecule has 4 heteroatoms. The second kappa shape index (κ2) is 6.02. The summed E-state index contributed by atoms with van der Waals surface area (Å²) in [6.07, 6.45) is 2.73. The lowest BCUT2D eigenvalue weighted by Gasteiger charge is -2.37. The summed E-state index contributed by atoms with van der Waals surface area (Å²) in [7, 11) is 0. The van der Waals surface area contributed by atoms with Gasteiger partial charge >= 0.3 is 0 Å². The smallest absolute Gasteiger partial charge is 0.151 e. The number of hydrogen-bond acceptors (Lipinski definition) is 3. The standard InChI is InChI=1S/C16H21FN2O/c17-16-6-2-1-4-13(16)10-15(20)12-18-8-9-19-7-3-5-14(19)11-18/h1-2,4,6,14H,3,5,7-12H2. The van der Waals surface area contributed by atoms with Gasteiger partial charge in [-0.3, -0.25) is 14.6 Å². The van der Waals surface area contributed by atoms with Crippen LogP contribution < -0.4 is 0 Å². The summed E-state index contributed by atoms with van der Waals surface area (Å²) in [4.78, 5) is 16.9. The Hall–Kier alpha value is -1.26. The molecule has 0 N–H and O–H groups in total. The molecular formula is C16H21FN2O. The number of halogens is 1. The van der Waals surface area contributed by atoms with Gasteiger partial charge in [-0.05, 0) is 31.0 Å². The second-order valence-electron chi connectivity index (χ2n) is 5.87. The van der Waals surface area contributed by atoms with Gasteiger partial charge in [0.1, 0.15) is 5.82 Å². The Labute approximate surface area is 119 Å². The van der Waals surface area contributed by atoms with Crippen molar-refractivity contribution in [1.29, 1.82) is 0 Å². The van der Waals surface area contributed by atoms with Crippen molar-refractivity contribution in [2.45, 2.75) is 25.3 Å². The minimum absolute atomic E-state index is 0.113. The molecule has 0 aliphatic carbocycles. The van der Waals surface area contributed by atoms with Gasteiger partial charge in [0.15, 0.2) is 5.78 Å². The molecule has 0 amide bonds. The molecule has 0 spiro atoms. The van der Waals surface area contributed by atoms with Gasteiger partial charge < -0.3 is 0 Å². The first-order chi connectivity index (χ1) is 9.72. The van der Waals surface area contributed by atoms with Gasteiger partial charge in [0.2, 0.25) is 0 Å². The summed E-state index contributed by atoms with van der Waals surface area (Å²) < 4.78 is 13.5. The minimum Gasteiger partial charge on any atom is -0.298 e. The van der Waals surface area contributed by atoms with Crippen molar-refractivity contribution in [3.05, 3.63) is 35.6 Å². The zero-order chi connectivity index (χ0) is 13.9. The molecule has 20 heavy (non-hydrogen) atoms. The first-order valence-electron chi connectivity index (χ1n) is 7.44. The van der Waals surface area contributed by atoms with Crippen LogP contribution in [-0.2, 0) is 11.2 Å². The largest absolute Gasteiger partial charge is 0.298 e. The summed E-state index contributed by atoms with van der Waals surface area (Å²) in [6.45, 7) is 4.68. The fourth-order valence-corrected chi connectivity index (χ4v) is 3.36. The van der Waals surface area contributed by atoms with Crippen molar-refractivity contribution in [3.63, 3.8) is 0 Å². The monoisotopic (exact) mass is 276 g/mol. The molecule has 0 radical (unpaired) electrons. The van der Waals surface area contributed by atoms with E-state index in [-0.39, 0.29) is 18.0 Å². The number of rotatable bonds is 4. The number of piperazine rings is 1. The fourth-order valence-electron chi connectivity index (χ4n) is 3.36. The van der Waals surface area contributed by atoms with Crippen molar-refractivity contribution in [3.8, 4) is 0 Å². The van der Waals surface area contributed by atoms with E-state index in [2.05, 4.69) is 9.80 Å². The molecule has 1 unspecified atom stereocenters. The Bertz CT molecular complexity index is 491. The van der Waals surface area contributed by atoms with E-state index in [1.54, 1.807) is 18.2 Å². The van der Waals surface area contributed by atoms with Crippen molar-refractivity contribution in [2.24, 2.45) is 0 Å². The minimum atomic E-state index is -0.276. The predicted molar refractivity (Wildman–Crippen MR) is 76.1 cm³/mol. The highest BCUT2D eigenvalue weighted by molar-refractivity contribution is 5.82. The molecule has 108 valence electrons. The number of fused-ring (bicyclic) bond motifs is 1. The van der Waals surface area contributed by atoms with Gasteiger partial charge in [-0.25, -0.2) is 4.39 Å². The average Bonchev–Trinajstić information content (AvgIpc) is 2.89. The summed E-state index contributed by atoms with van der Waals surface area (Å²) >= 11 is 0. The van der Waals surface area contributed by atoms with Crippen LogP contribution in [0.3, 0.4) is 0 Å². The van der Waals surface area contributed by atoms with E-state index in [0.29, 0.717) is 18.2 Å². The molecule has 1 atom stereocenters. The van der Waals surface area contributed by atoms with E-state index >= 15 is 0 Å². The topological polar surface area (TPSA) is 23.6 Å². The SMILES string of the molecule is O=C(Cc1ccccc1F)CN1CCN2CCCC2C1. The Morgan fingerprint density at radius 2 is 2.10 bits per heavy atom. The van der Waals surface area contributed by atoms with Crippen molar-refractivity contribution >= 4 is 5.78 Å². The average molecular weight is 276 g/mol. The lowest BCUT2D eigenvalue weighted by Crippen LogP contribution is -2.51. The number of hydrogen-bond donors (Lipinski definition) is 0. The predicted octanol–water partition coefficient (Wildman–Crippen LogP) is 1.72. The number of ketones is 1. The molecule has 2 aliphatic rings. The molecule has 2 fully saturated rings. The molecular weight excluding hydrogens is 255 g/mol. The van der Waals surface area contributed by atoms with Crippen LogP contribution in [0.2, 0.25) is 0 Å². The molecule has 2 heterocycles. The molecule has 1 aromatic rings. The highest BCUT2D eigenvalue weighted by atomic mass is 19.1. The van der Waals surface area contributed by atoms with E-state index in [1.807, 2.05) is 0 Å².